The number of carbonyl (C=O) groups is 2. The average Bonchev–Trinajstić information content (AvgIpc) is 2.29. The molecule has 1 rings (SSSR count). The van der Waals surface area contributed by atoms with E-state index in [4.69, 9.17) is 22.1 Å². The van der Waals surface area contributed by atoms with Gasteiger partial charge in [-0.05, 0) is 12.1 Å². The fourth-order valence-electron chi connectivity index (χ4n) is 1.05. The number of benzene rings is 1. The van der Waals surface area contributed by atoms with Crippen molar-refractivity contribution in [1.29, 1.82) is 0 Å². The van der Waals surface area contributed by atoms with E-state index in [1.54, 1.807) is 26.2 Å². The second kappa shape index (κ2) is 5.54. The third-order valence-corrected chi connectivity index (χ3v) is 2.43. The third-order valence-electron chi connectivity index (χ3n) is 2.10. The highest BCUT2D eigenvalue weighted by Crippen LogP contribution is 2.22. The molecule has 0 aliphatic rings. The van der Waals surface area contributed by atoms with Crippen LogP contribution < -0.4 is 5.73 Å². The number of anilines is 1. The van der Waals surface area contributed by atoms with E-state index in [0.29, 0.717) is 0 Å². The van der Waals surface area contributed by atoms with Crippen LogP contribution in [0.5, 0.6) is 0 Å². The van der Waals surface area contributed by atoms with Crippen molar-refractivity contribution in [3.63, 3.8) is 0 Å². The maximum absolute atomic E-state index is 11.6. The SMILES string of the molecule is CN(C)C(=O)COC(=O)c1cccc(Cl)c1N. The molecule has 6 heteroatoms. The van der Waals surface area contributed by atoms with Gasteiger partial charge in [0.25, 0.3) is 5.91 Å². The Labute approximate surface area is 104 Å². The first-order valence-corrected chi connectivity index (χ1v) is 5.22. The molecule has 1 aromatic rings. The number of nitrogens with zero attached hydrogens (tertiary/aromatic N) is 1. The molecule has 0 radical (unpaired) electrons. The van der Waals surface area contributed by atoms with Gasteiger partial charge in [-0.1, -0.05) is 17.7 Å². The van der Waals surface area contributed by atoms with E-state index in [1.165, 1.54) is 11.0 Å². The molecular weight excluding hydrogens is 244 g/mol. The quantitative estimate of drug-likeness (QED) is 0.651. The van der Waals surface area contributed by atoms with Crippen LogP contribution in [0.4, 0.5) is 5.69 Å². The second-order valence-electron chi connectivity index (χ2n) is 3.57. The predicted molar refractivity (Wildman–Crippen MR) is 64.8 cm³/mol. The zero-order valence-electron chi connectivity index (χ0n) is 9.57. The first kappa shape index (κ1) is 13.3. The Bertz CT molecular complexity index is 446. The van der Waals surface area contributed by atoms with Gasteiger partial charge in [0, 0.05) is 14.1 Å². The van der Waals surface area contributed by atoms with Gasteiger partial charge in [-0.2, -0.15) is 0 Å². The van der Waals surface area contributed by atoms with E-state index in [9.17, 15) is 9.59 Å². The summed E-state index contributed by atoms with van der Waals surface area (Å²) in [6, 6.07) is 4.64. The summed E-state index contributed by atoms with van der Waals surface area (Å²) < 4.78 is 4.82. The van der Waals surface area contributed by atoms with E-state index in [0.717, 1.165) is 0 Å². The van der Waals surface area contributed by atoms with E-state index in [-0.39, 0.29) is 28.8 Å². The molecule has 1 aromatic carbocycles. The standard InChI is InChI=1S/C11H13ClN2O3/c1-14(2)9(15)6-17-11(16)7-4-3-5-8(12)10(7)13/h3-5H,6,13H2,1-2H3. The Kier molecular flexibility index (Phi) is 4.34. The Hall–Kier alpha value is -1.75. The van der Waals surface area contributed by atoms with Crippen LogP contribution in [0.15, 0.2) is 18.2 Å². The van der Waals surface area contributed by atoms with Crippen molar-refractivity contribution in [1.82, 2.24) is 4.90 Å². The number of rotatable bonds is 3. The van der Waals surface area contributed by atoms with Gasteiger partial charge in [-0.15, -0.1) is 0 Å². The van der Waals surface area contributed by atoms with Crippen molar-refractivity contribution < 1.29 is 14.3 Å². The molecule has 17 heavy (non-hydrogen) atoms. The predicted octanol–water partition coefficient (Wildman–Crippen LogP) is 1.17. The number of carbonyl (C=O) groups excluding carboxylic acids is 2. The van der Waals surface area contributed by atoms with Gasteiger partial charge in [0.05, 0.1) is 16.3 Å². The number of halogens is 1. The third kappa shape index (κ3) is 3.35. The maximum atomic E-state index is 11.6. The summed E-state index contributed by atoms with van der Waals surface area (Å²) in [7, 11) is 3.15. The number of hydrogen-bond donors (Lipinski definition) is 1. The van der Waals surface area contributed by atoms with Crippen LogP contribution in [0.25, 0.3) is 0 Å². The zero-order chi connectivity index (χ0) is 13.0. The van der Waals surface area contributed by atoms with Crippen molar-refractivity contribution in [3.8, 4) is 0 Å². The molecule has 0 bridgehead atoms. The van der Waals surface area contributed by atoms with Gasteiger partial charge in [0.2, 0.25) is 0 Å². The lowest BCUT2D eigenvalue weighted by Gasteiger charge is -2.11. The van der Waals surface area contributed by atoms with Crippen molar-refractivity contribution in [3.05, 3.63) is 28.8 Å². The summed E-state index contributed by atoms with van der Waals surface area (Å²) in [6.07, 6.45) is 0. The normalized spacial score (nSPS) is 9.82. The number of ether oxygens (including phenoxy) is 1. The molecular formula is C11H13ClN2O3. The summed E-state index contributed by atoms with van der Waals surface area (Å²) in [6.45, 7) is -0.322. The monoisotopic (exact) mass is 256 g/mol. The molecule has 0 aliphatic carbocycles. The minimum absolute atomic E-state index is 0.150. The van der Waals surface area contributed by atoms with E-state index in [2.05, 4.69) is 0 Å². The van der Waals surface area contributed by atoms with Gasteiger partial charge in [0.15, 0.2) is 6.61 Å². The molecule has 1 amide bonds. The fourth-order valence-corrected chi connectivity index (χ4v) is 1.22. The van der Waals surface area contributed by atoms with Crippen LogP contribution in [-0.4, -0.2) is 37.5 Å². The lowest BCUT2D eigenvalue weighted by Crippen LogP contribution is -2.27. The largest absolute Gasteiger partial charge is 0.452 e. The molecule has 0 saturated carbocycles. The first-order chi connectivity index (χ1) is 7.93. The minimum atomic E-state index is -0.666. The minimum Gasteiger partial charge on any atom is -0.452 e. The summed E-state index contributed by atoms with van der Waals surface area (Å²) in [5, 5.41) is 0.276. The number of nitrogen functional groups attached to an aromatic ring is 1. The van der Waals surface area contributed by atoms with Crippen LogP contribution in [0, 0.1) is 0 Å². The molecule has 5 nitrogen and oxygen atoms in total. The molecule has 0 heterocycles. The highest BCUT2D eigenvalue weighted by Gasteiger charge is 2.15. The average molecular weight is 257 g/mol. The van der Waals surface area contributed by atoms with Crippen LogP contribution in [0.1, 0.15) is 10.4 Å². The molecule has 0 spiro atoms. The highest BCUT2D eigenvalue weighted by molar-refractivity contribution is 6.33. The topological polar surface area (TPSA) is 72.6 Å². The van der Waals surface area contributed by atoms with Crippen LogP contribution in [0.3, 0.4) is 0 Å². The Morgan fingerprint density at radius 3 is 2.65 bits per heavy atom. The van der Waals surface area contributed by atoms with Crippen molar-refractivity contribution in [2.24, 2.45) is 0 Å². The molecule has 0 fully saturated rings. The molecule has 92 valence electrons. The lowest BCUT2D eigenvalue weighted by molar-refractivity contribution is -0.131. The Balaban J connectivity index is 2.71. The first-order valence-electron chi connectivity index (χ1n) is 4.84. The molecule has 0 aliphatic heterocycles. The van der Waals surface area contributed by atoms with Crippen LogP contribution in [-0.2, 0) is 9.53 Å². The smallest absolute Gasteiger partial charge is 0.340 e. The summed E-state index contributed by atoms with van der Waals surface area (Å²) in [5.74, 6) is -0.973. The molecule has 2 N–H and O–H groups in total. The number of hydrogen-bond acceptors (Lipinski definition) is 4. The maximum Gasteiger partial charge on any atom is 0.340 e. The summed E-state index contributed by atoms with van der Waals surface area (Å²) in [4.78, 5) is 24.2. The molecule has 0 unspecified atom stereocenters. The number of esters is 1. The van der Waals surface area contributed by atoms with E-state index >= 15 is 0 Å². The van der Waals surface area contributed by atoms with E-state index in [1.807, 2.05) is 0 Å². The number of nitrogens with two attached hydrogens (primary N) is 1. The van der Waals surface area contributed by atoms with E-state index < -0.39 is 5.97 Å². The molecule has 0 saturated heterocycles. The van der Waals surface area contributed by atoms with Crippen molar-refractivity contribution in [2.75, 3.05) is 26.4 Å². The van der Waals surface area contributed by atoms with Crippen molar-refractivity contribution in [2.45, 2.75) is 0 Å². The summed E-state index contributed by atoms with van der Waals surface area (Å²) in [5.41, 5.74) is 5.93. The number of likely N-dealkylation sites (N-methyl/N-ethyl adjacent to an activating group) is 1. The second-order valence-corrected chi connectivity index (χ2v) is 3.97. The molecule has 0 aromatic heterocycles. The summed E-state index contributed by atoms with van der Waals surface area (Å²) >= 11 is 5.76. The van der Waals surface area contributed by atoms with Crippen LogP contribution >= 0.6 is 11.6 Å². The van der Waals surface area contributed by atoms with Gasteiger partial charge < -0.3 is 15.4 Å². The molecule has 0 atom stereocenters. The Morgan fingerprint density at radius 1 is 1.41 bits per heavy atom. The highest BCUT2D eigenvalue weighted by atomic mass is 35.5. The Morgan fingerprint density at radius 2 is 2.06 bits per heavy atom. The van der Waals surface area contributed by atoms with Gasteiger partial charge >= 0.3 is 5.97 Å². The number of para-hydroxylation sites is 1. The van der Waals surface area contributed by atoms with Gasteiger partial charge in [-0.25, -0.2) is 4.79 Å². The van der Waals surface area contributed by atoms with Crippen LogP contribution in [0.2, 0.25) is 5.02 Å². The number of amides is 1. The lowest BCUT2D eigenvalue weighted by atomic mass is 10.2. The van der Waals surface area contributed by atoms with Crippen molar-refractivity contribution >= 4 is 29.2 Å². The fraction of sp³-hybridized carbons (Fsp3) is 0.273. The van der Waals surface area contributed by atoms with Gasteiger partial charge in [-0.3, -0.25) is 4.79 Å². The zero-order valence-corrected chi connectivity index (χ0v) is 10.3. The van der Waals surface area contributed by atoms with Gasteiger partial charge in [0.1, 0.15) is 0 Å².